The van der Waals surface area contributed by atoms with Gasteiger partial charge in [-0.05, 0) is 26.8 Å². The van der Waals surface area contributed by atoms with E-state index in [2.05, 4.69) is 0 Å². The zero-order valence-electron chi connectivity index (χ0n) is 8.23. The largest absolute Gasteiger partial charge is 0.448 e. The van der Waals surface area contributed by atoms with Gasteiger partial charge in [0.15, 0.2) is 0 Å². The number of aliphatic hydroxyl groups is 1. The normalized spacial score (nSPS) is 13.2. The minimum absolute atomic E-state index is 0.178. The summed E-state index contributed by atoms with van der Waals surface area (Å²) in [5.74, 6) is 0.395. The third-order valence-electron chi connectivity index (χ3n) is 1.74. The van der Waals surface area contributed by atoms with Crippen LogP contribution >= 0.6 is 0 Å². The monoisotopic (exact) mass is 219 g/mol. The number of rotatable bonds is 2. The molecule has 0 aliphatic rings. The van der Waals surface area contributed by atoms with Gasteiger partial charge in [-0.1, -0.05) is 0 Å². The first kappa shape index (κ1) is 11.2. The summed E-state index contributed by atoms with van der Waals surface area (Å²) in [6.45, 7) is 4.52. The summed E-state index contributed by atoms with van der Waals surface area (Å²) in [5.41, 5.74) is -1.11. The molecule has 0 unspecified atom stereocenters. The van der Waals surface area contributed by atoms with Crippen LogP contribution in [0.5, 0.6) is 0 Å². The molecule has 1 aromatic heterocycles. The minimum atomic E-state index is -3.92. The van der Waals surface area contributed by atoms with E-state index in [4.69, 9.17) is 9.56 Å². The third kappa shape index (κ3) is 2.14. The Hall–Kier alpha value is -0.850. The first-order valence-electron chi connectivity index (χ1n) is 3.98. The van der Waals surface area contributed by atoms with Gasteiger partial charge in [-0.2, -0.15) is 0 Å². The summed E-state index contributed by atoms with van der Waals surface area (Å²) in [5, 5.41) is 14.2. The van der Waals surface area contributed by atoms with E-state index in [1.165, 1.54) is 19.9 Å². The van der Waals surface area contributed by atoms with Crippen molar-refractivity contribution in [1.82, 2.24) is 0 Å². The Balaban J connectivity index is 3.46. The fourth-order valence-corrected chi connectivity index (χ4v) is 1.99. The fraction of sp³-hybridized carbons (Fsp3) is 0.500. The molecule has 1 rings (SSSR count). The second-order valence-electron chi connectivity index (χ2n) is 3.66. The molecular formula is C8H13NO4S. The maximum Gasteiger partial charge on any atom is 0.271 e. The lowest BCUT2D eigenvalue weighted by Crippen LogP contribution is -2.21. The van der Waals surface area contributed by atoms with Gasteiger partial charge in [0, 0.05) is 5.56 Å². The predicted octanol–water partition coefficient (Wildman–Crippen LogP) is 0.463. The molecule has 14 heavy (non-hydrogen) atoms. The zero-order valence-corrected chi connectivity index (χ0v) is 9.05. The highest BCUT2D eigenvalue weighted by atomic mass is 32.2. The molecule has 1 heterocycles. The smallest absolute Gasteiger partial charge is 0.271 e. The van der Waals surface area contributed by atoms with Crippen molar-refractivity contribution >= 4 is 10.0 Å². The lowest BCUT2D eigenvalue weighted by atomic mass is 10.0. The number of hydrogen-bond acceptors (Lipinski definition) is 4. The van der Waals surface area contributed by atoms with Crippen LogP contribution in [0.15, 0.2) is 15.6 Å². The first-order chi connectivity index (χ1) is 6.12. The molecule has 0 fully saturated rings. The van der Waals surface area contributed by atoms with Gasteiger partial charge in [-0.25, -0.2) is 13.6 Å². The van der Waals surface area contributed by atoms with Crippen molar-refractivity contribution < 1.29 is 17.9 Å². The molecule has 0 bridgehead atoms. The standard InChI is InChI=1S/C8H13NO4S/c1-5-4-6(8(2,3)10)7(13-5)14(9,11)12/h4,10H,1-3H3,(H2,9,11,12). The highest BCUT2D eigenvalue weighted by Crippen LogP contribution is 2.29. The predicted molar refractivity (Wildman–Crippen MR) is 50.1 cm³/mol. The number of aryl methyl sites for hydroxylation is 1. The Morgan fingerprint density at radius 1 is 1.50 bits per heavy atom. The lowest BCUT2D eigenvalue weighted by molar-refractivity contribution is 0.0732. The average molecular weight is 219 g/mol. The number of furan rings is 1. The van der Waals surface area contributed by atoms with Gasteiger partial charge in [-0.3, -0.25) is 0 Å². The highest BCUT2D eigenvalue weighted by Gasteiger charge is 2.29. The Kier molecular flexibility index (Phi) is 2.47. The summed E-state index contributed by atoms with van der Waals surface area (Å²) < 4.78 is 27.1. The number of primary sulfonamides is 1. The molecule has 0 saturated heterocycles. The summed E-state index contributed by atoms with van der Waals surface area (Å²) in [4.78, 5) is 0. The van der Waals surface area contributed by atoms with Gasteiger partial charge in [-0.15, -0.1) is 0 Å². The van der Waals surface area contributed by atoms with Crippen molar-refractivity contribution in [3.63, 3.8) is 0 Å². The zero-order chi connectivity index (χ0) is 11.1. The Morgan fingerprint density at radius 3 is 2.29 bits per heavy atom. The number of hydrogen-bond donors (Lipinski definition) is 2. The van der Waals surface area contributed by atoms with E-state index < -0.39 is 15.6 Å². The van der Waals surface area contributed by atoms with Crippen LogP contribution in [0.3, 0.4) is 0 Å². The van der Waals surface area contributed by atoms with E-state index in [-0.39, 0.29) is 10.7 Å². The van der Waals surface area contributed by atoms with Crippen LogP contribution in [0.25, 0.3) is 0 Å². The van der Waals surface area contributed by atoms with Crippen LogP contribution in [0.4, 0.5) is 0 Å². The lowest BCUT2D eigenvalue weighted by Gasteiger charge is -2.15. The fourth-order valence-electron chi connectivity index (χ4n) is 1.13. The van der Waals surface area contributed by atoms with Crippen molar-refractivity contribution in [2.45, 2.75) is 31.5 Å². The van der Waals surface area contributed by atoms with Gasteiger partial charge in [0.25, 0.3) is 10.0 Å². The molecule has 0 aromatic carbocycles. The van der Waals surface area contributed by atoms with E-state index in [0.717, 1.165) is 0 Å². The molecule has 0 amide bonds. The van der Waals surface area contributed by atoms with E-state index in [1.807, 2.05) is 0 Å². The first-order valence-corrected chi connectivity index (χ1v) is 5.53. The maximum absolute atomic E-state index is 11.1. The second-order valence-corrected chi connectivity index (χ2v) is 5.12. The minimum Gasteiger partial charge on any atom is -0.448 e. The summed E-state index contributed by atoms with van der Waals surface area (Å²) in [6, 6.07) is 1.46. The molecule has 6 heteroatoms. The van der Waals surface area contributed by atoms with E-state index in [0.29, 0.717) is 5.76 Å². The van der Waals surface area contributed by atoms with Crippen molar-refractivity contribution in [1.29, 1.82) is 0 Å². The second kappa shape index (κ2) is 3.08. The maximum atomic E-state index is 11.1. The van der Waals surface area contributed by atoms with E-state index in [9.17, 15) is 13.5 Å². The molecule has 1 aromatic rings. The van der Waals surface area contributed by atoms with Gasteiger partial charge >= 0.3 is 0 Å². The van der Waals surface area contributed by atoms with E-state index >= 15 is 0 Å². The summed E-state index contributed by atoms with van der Waals surface area (Å²) >= 11 is 0. The van der Waals surface area contributed by atoms with Crippen LogP contribution in [0.1, 0.15) is 25.2 Å². The van der Waals surface area contributed by atoms with Crippen molar-refractivity contribution in [2.24, 2.45) is 5.14 Å². The third-order valence-corrected chi connectivity index (χ3v) is 2.56. The molecule has 0 spiro atoms. The van der Waals surface area contributed by atoms with Gasteiger partial charge in [0.2, 0.25) is 5.09 Å². The Labute approximate surface area is 82.6 Å². The summed E-state index contributed by atoms with van der Waals surface area (Å²) in [7, 11) is -3.92. The molecular weight excluding hydrogens is 206 g/mol. The van der Waals surface area contributed by atoms with Crippen LogP contribution in [-0.4, -0.2) is 13.5 Å². The van der Waals surface area contributed by atoms with Gasteiger partial charge in [0.05, 0.1) is 5.60 Å². The van der Waals surface area contributed by atoms with Crippen LogP contribution in [0.2, 0.25) is 0 Å². The van der Waals surface area contributed by atoms with Crippen LogP contribution in [-0.2, 0) is 15.6 Å². The average Bonchev–Trinajstić information content (AvgIpc) is 2.27. The van der Waals surface area contributed by atoms with Gasteiger partial charge in [0.1, 0.15) is 5.76 Å². The van der Waals surface area contributed by atoms with E-state index in [1.54, 1.807) is 6.92 Å². The molecule has 5 nitrogen and oxygen atoms in total. The molecule has 0 radical (unpaired) electrons. The number of nitrogens with two attached hydrogens (primary N) is 1. The van der Waals surface area contributed by atoms with Crippen LogP contribution in [0, 0.1) is 6.92 Å². The van der Waals surface area contributed by atoms with Crippen molar-refractivity contribution in [3.05, 3.63) is 17.4 Å². The Bertz CT molecular complexity index is 438. The van der Waals surface area contributed by atoms with Crippen molar-refractivity contribution in [3.8, 4) is 0 Å². The molecule has 80 valence electrons. The van der Waals surface area contributed by atoms with Crippen LogP contribution < -0.4 is 5.14 Å². The van der Waals surface area contributed by atoms with Crippen molar-refractivity contribution in [2.75, 3.05) is 0 Å². The molecule has 0 aliphatic heterocycles. The Morgan fingerprint density at radius 2 is 2.00 bits per heavy atom. The summed E-state index contributed by atoms with van der Waals surface area (Å²) in [6.07, 6.45) is 0. The number of sulfonamides is 1. The topological polar surface area (TPSA) is 93.5 Å². The molecule has 0 aliphatic carbocycles. The SMILES string of the molecule is Cc1cc(C(C)(C)O)c(S(N)(=O)=O)o1. The quantitative estimate of drug-likeness (QED) is 0.755. The molecule has 0 saturated carbocycles. The van der Waals surface area contributed by atoms with Gasteiger partial charge < -0.3 is 9.52 Å². The molecule has 3 N–H and O–H groups in total. The highest BCUT2D eigenvalue weighted by molar-refractivity contribution is 7.89. The molecule has 0 atom stereocenters.